The van der Waals surface area contributed by atoms with Crippen molar-refractivity contribution in [2.75, 3.05) is 13.6 Å². The summed E-state index contributed by atoms with van der Waals surface area (Å²) in [5.41, 5.74) is 5.62. The van der Waals surface area contributed by atoms with E-state index in [1.807, 2.05) is 13.8 Å². The number of benzene rings is 1. The van der Waals surface area contributed by atoms with Crippen molar-refractivity contribution >= 4 is 26.0 Å². The van der Waals surface area contributed by atoms with E-state index in [1.165, 1.54) is 7.05 Å². The molecule has 0 saturated heterocycles. The van der Waals surface area contributed by atoms with Gasteiger partial charge in [-0.1, -0.05) is 13.8 Å². The fourth-order valence-electron chi connectivity index (χ4n) is 1.99. The maximum atomic E-state index is 13.8. The Morgan fingerprint density at radius 3 is 2.33 bits per heavy atom. The molecule has 0 spiro atoms. The number of likely N-dealkylation sites (N-methyl/N-ethyl adjacent to an activating group) is 1. The number of sulfonamides is 1. The van der Waals surface area contributed by atoms with Gasteiger partial charge in [-0.3, -0.25) is 0 Å². The maximum absolute atomic E-state index is 13.8. The summed E-state index contributed by atoms with van der Waals surface area (Å²) in [5.74, 6) is -1.74. The summed E-state index contributed by atoms with van der Waals surface area (Å²) in [6.07, 6.45) is 0.552. The normalized spacial score (nSPS) is 14.0. The molecule has 0 radical (unpaired) electrons. The fourth-order valence-corrected chi connectivity index (χ4v) is 3.93. The van der Waals surface area contributed by atoms with Crippen LogP contribution in [0.4, 0.5) is 8.78 Å². The number of nitrogens with two attached hydrogens (primary N) is 1. The first-order valence-corrected chi connectivity index (χ1v) is 8.67. The molecule has 8 heteroatoms. The third kappa shape index (κ3) is 4.21. The highest BCUT2D eigenvalue weighted by Crippen LogP contribution is 2.27. The van der Waals surface area contributed by atoms with Crippen LogP contribution >= 0.6 is 15.9 Å². The van der Waals surface area contributed by atoms with Crippen LogP contribution in [0.25, 0.3) is 0 Å². The van der Waals surface area contributed by atoms with E-state index in [-0.39, 0.29) is 16.9 Å². The molecule has 120 valence electrons. The summed E-state index contributed by atoms with van der Waals surface area (Å²) in [5, 5.41) is 0. The maximum Gasteiger partial charge on any atom is 0.246 e. The molecule has 0 aromatic heterocycles. The molecule has 0 aliphatic heterocycles. The zero-order chi connectivity index (χ0) is 16.4. The third-order valence-electron chi connectivity index (χ3n) is 3.16. The molecule has 1 aromatic rings. The molecule has 1 atom stereocenters. The summed E-state index contributed by atoms with van der Waals surface area (Å²) in [4.78, 5) is -0.569. The van der Waals surface area contributed by atoms with Gasteiger partial charge in [-0.05, 0) is 34.3 Å². The van der Waals surface area contributed by atoms with Crippen molar-refractivity contribution in [3.05, 3.63) is 28.2 Å². The van der Waals surface area contributed by atoms with Crippen LogP contribution in [0.15, 0.2) is 21.5 Å². The predicted molar refractivity (Wildman–Crippen MR) is 81.3 cm³/mol. The second-order valence-electron chi connectivity index (χ2n) is 5.24. The first-order chi connectivity index (χ1) is 9.61. The highest BCUT2D eigenvalue weighted by atomic mass is 79.9. The minimum absolute atomic E-state index is 0.107. The van der Waals surface area contributed by atoms with Gasteiger partial charge in [-0.25, -0.2) is 17.2 Å². The van der Waals surface area contributed by atoms with Gasteiger partial charge in [0.15, 0.2) is 0 Å². The van der Waals surface area contributed by atoms with Gasteiger partial charge < -0.3 is 5.73 Å². The molecule has 0 bridgehead atoms. The Morgan fingerprint density at radius 2 is 1.86 bits per heavy atom. The molecular formula is C13H19BrF2N2O2S. The highest BCUT2D eigenvalue weighted by Gasteiger charge is 2.30. The second-order valence-corrected chi connectivity index (χ2v) is 8.06. The molecule has 1 aromatic carbocycles. The highest BCUT2D eigenvalue weighted by molar-refractivity contribution is 9.10. The van der Waals surface area contributed by atoms with Crippen LogP contribution in [0.3, 0.4) is 0 Å². The molecule has 0 heterocycles. The lowest BCUT2D eigenvalue weighted by atomic mass is 10.0. The molecule has 0 unspecified atom stereocenters. The van der Waals surface area contributed by atoms with Gasteiger partial charge in [-0.2, -0.15) is 4.31 Å². The Bertz CT molecular complexity index is 608. The van der Waals surface area contributed by atoms with E-state index in [2.05, 4.69) is 15.9 Å². The Morgan fingerprint density at radius 1 is 1.29 bits per heavy atom. The third-order valence-corrected chi connectivity index (χ3v) is 5.69. The lowest BCUT2D eigenvalue weighted by molar-refractivity contribution is 0.322. The Labute approximate surface area is 132 Å². The van der Waals surface area contributed by atoms with E-state index < -0.39 is 32.6 Å². The molecule has 1 rings (SSSR count). The average molecular weight is 385 g/mol. The van der Waals surface area contributed by atoms with Gasteiger partial charge in [0.25, 0.3) is 0 Å². The van der Waals surface area contributed by atoms with E-state index in [0.717, 1.165) is 10.4 Å². The molecule has 2 N–H and O–H groups in total. The zero-order valence-corrected chi connectivity index (χ0v) is 14.5. The van der Waals surface area contributed by atoms with E-state index in [1.54, 1.807) is 0 Å². The van der Waals surface area contributed by atoms with Crippen LogP contribution in [-0.4, -0.2) is 32.4 Å². The lowest BCUT2D eigenvalue weighted by Gasteiger charge is -2.28. The smallest absolute Gasteiger partial charge is 0.246 e. The van der Waals surface area contributed by atoms with Gasteiger partial charge in [0.2, 0.25) is 10.0 Å². The van der Waals surface area contributed by atoms with Crippen LogP contribution in [0.1, 0.15) is 20.3 Å². The van der Waals surface area contributed by atoms with Gasteiger partial charge >= 0.3 is 0 Å². The SMILES string of the molecule is CC(C)C[C@H](CN)N(C)S(=O)(=O)c1cc(Br)c(F)cc1F. The first kappa shape index (κ1) is 18.5. The van der Waals surface area contributed by atoms with Crippen molar-refractivity contribution in [2.24, 2.45) is 11.7 Å². The number of rotatable bonds is 6. The summed E-state index contributed by atoms with van der Waals surface area (Å²) in [7, 11) is -2.73. The summed E-state index contributed by atoms with van der Waals surface area (Å²) < 4.78 is 53.0. The average Bonchev–Trinajstić information content (AvgIpc) is 2.38. The van der Waals surface area contributed by atoms with Gasteiger partial charge in [0, 0.05) is 25.7 Å². The van der Waals surface area contributed by atoms with Crippen LogP contribution in [0.2, 0.25) is 0 Å². The van der Waals surface area contributed by atoms with Gasteiger partial charge in [0.1, 0.15) is 16.5 Å². The van der Waals surface area contributed by atoms with Crippen molar-refractivity contribution in [3.8, 4) is 0 Å². The van der Waals surface area contributed by atoms with Crippen molar-refractivity contribution in [3.63, 3.8) is 0 Å². The number of hydrogen-bond donors (Lipinski definition) is 1. The standard InChI is InChI=1S/C13H19BrF2N2O2S/c1-8(2)4-9(7-17)18(3)21(19,20)13-5-10(14)11(15)6-12(13)16/h5-6,8-9H,4,7,17H2,1-3H3/t9-/m1/s1. The monoisotopic (exact) mass is 384 g/mol. The van der Waals surface area contributed by atoms with Crippen LogP contribution < -0.4 is 5.73 Å². The molecule has 4 nitrogen and oxygen atoms in total. The van der Waals surface area contributed by atoms with Crippen LogP contribution in [-0.2, 0) is 10.0 Å². The molecule has 0 aliphatic rings. The predicted octanol–water partition coefficient (Wildman–Crippen LogP) is 2.72. The van der Waals surface area contributed by atoms with E-state index in [4.69, 9.17) is 5.73 Å². The minimum Gasteiger partial charge on any atom is -0.329 e. The number of nitrogens with zero attached hydrogens (tertiary/aromatic N) is 1. The van der Waals surface area contributed by atoms with Gasteiger partial charge in [-0.15, -0.1) is 0 Å². The molecule has 0 saturated carbocycles. The van der Waals surface area contributed by atoms with Gasteiger partial charge in [0.05, 0.1) is 4.47 Å². The largest absolute Gasteiger partial charge is 0.329 e. The van der Waals surface area contributed by atoms with Crippen molar-refractivity contribution in [2.45, 2.75) is 31.2 Å². The number of hydrogen-bond acceptors (Lipinski definition) is 3. The topological polar surface area (TPSA) is 63.4 Å². The summed E-state index contributed by atoms with van der Waals surface area (Å²) in [6.45, 7) is 4.01. The Hall–Kier alpha value is -0.570. The lowest BCUT2D eigenvalue weighted by Crippen LogP contribution is -2.42. The first-order valence-electron chi connectivity index (χ1n) is 6.43. The Kier molecular flexibility index (Phi) is 6.27. The second kappa shape index (κ2) is 7.13. The number of halogens is 3. The van der Waals surface area contributed by atoms with Crippen LogP contribution in [0, 0.1) is 17.6 Å². The van der Waals surface area contributed by atoms with Crippen LogP contribution in [0.5, 0.6) is 0 Å². The summed E-state index contributed by atoms with van der Waals surface area (Å²) >= 11 is 2.87. The Balaban J connectivity index is 3.24. The van der Waals surface area contributed by atoms with E-state index >= 15 is 0 Å². The fraction of sp³-hybridized carbons (Fsp3) is 0.538. The van der Waals surface area contributed by atoms with Crippen molar-refractivity contribution in [1.29, 1.82) is 0 Å². The molecule has 0 amide bonds. The summed E-state index contributed by atoms with van der Waals surface area (Å²) in [6, 6.07) is 1.03. The molecule has 21 heavy (non-hydrogen) atoms. The molecule has 0 aliphatic carbocycles. The van der Waals surface area contributed by atoms with Crippen molar-refractivity contribution < 1.29 is 17.2 Å². The van der Waals surface area contributed by atoms with E-state index in [0.29, 0.717) is 12.5 Å². The molecular weight excluding hydrogens is 366 g/mol. The van der Waals surface area contributed by atoms with E-state index in [9.17, 15) is 17.2 Å². The zero-order valence-electron chi connectivity index (χ0n) is 12.1. The van der Waals surface area contributed by atoms with Crippen molar-refractivity contribution in [1.82, 2.24) is 4.31 Å². The quantitative estimate of drug-likeness (QED) is 0.766. The minimum atomic E-state index is -4.08. The molecule has 0 fully saturated rings.